The molecule has 1 aromatic rings. The van der Waals surface area contributed by atoms with E-state index in [0.29, 0.717) is 0 Å². The first-order valence-electron chi connectivity index (χ1n) is 4.36. The van der Waals surface area contributed by atoms with Crippen LogP contribution in [0.4, 0.5) is 11.5 Å². The smallest absolute Gasteiger partial charge is 0.332 e. The summed E-state index contributed by atoms with van der Waals surface area (Å²) in [5.41, 5.74) is 3.98. The molecule has 0 aromatic carbocycles. The molecule has 1 amide bonds. The maximum atomic E-state index is 11.6. The number of aromatic nitrogens is 2. The van der Waals surface area contributed by atoms with E-state index in [2.05, 4.69) is 5.32 Å². The number of aliphatic hydroxyl groups excluding tert-OH is 1. The van der Waals surface area contributed by atoms with Gasteiger partial charge in [-0.25, -0.2) is 4.79 Å². The normalized spacial score (nSPS) is 10.2. The van der Waals surface area contributed by atoms with Gasteiger partial charge in [0.2, 0.25) is 5.91 Å². The van der Waals surface area contributed by atoms with Crippen molar-refractivity contribution in [3.05, 3.63) is 20.8 Å². The first-order valence-corrected chi connectivity index (χ1v) is 4.36. The average Bonchev–Trinajstić information content (AvgIpc) is 2.29. The molecule has 4 N–H and O–H groups in total. The highest BCUT2D eigenvalue weighted by Gasteiger charge is 2.14. The minimum atomic E-state index is -0.776. The van der Waals surface area contributed by atoms with Gasteiger partial charge < -0.3 is 16.2 Å². The fourth-order valence-electron chi connectivity index (χ4n) is 1.16. The van der Waals surface area contributed by atoms with Gasteiger partial charge in [-0.15, -0.1) is 0 Å². The number of nitrogen functional groups attached to an aromatic ring is 1. The number of carbonyl (C=O) groups excluding carboxylic acids is 1. The first kappa shape index (κ1) is 12.0. The molecule has 8 heteroatoms. The summed E-state index contributed by atoms with van der Waals surface area (Å²) in [5, 5.41) is 10.7. The number of nitrogens with one attached hydrogen (secondary N) is 1. The quantitative estimate of drug-likeness (QED) is 0.521. The molecule has 0 aliphatic carbocycles. The molecule has 0 saturated heterocycles. The van der Waals surface area contributed by atoms with Crippen LogP contribution in [0.15, 0.2) is 9.59 Å². The summed E-state index contributed by atoms with van der Waals surface area (Å²) in [6.07, 6.45) is 0. The minimum Gasteiger partial charge on any atom is -0.387 e. The summed E-state index contributed by atoms with van der Waals surface area (Å²) in [6.45, 7) is -0.772. The van der Waals surface area contributed by atoms with Crippen LogP contribution < -0.4 is 22.3 Å². The van der Waals surface area contributed by atoms with Crippen molar-refractivity contribution in [3.63, 3.8) is 0 Å². The molecule has 88 valence electrons. The van der Waals surface area contributed by atoms with E-state index in [9.17, 15) is 14.4 Å². The van der Waals surface area contributed by atoms with E-state index in [1.54, 1.807) is 0 Å². The Kier molecular flexibility index (Phi) is 3.14. The lowest BCUT2D eigenvalue weighted by Crippen LogP contribution is -2.40. The zero-order valence-electron chi connectivity index (χ0n) is 8.85. The van der Waals surface area contributed by atoms with Crippen LogP contribution in [-0.2, 0) is 18.9 Å². The lowest BCUT2D eigenvalue weighted by molar-refractivity contribution is -0.118. The highest BCUT2D eigenvalue weighted by atomic mass is 16.3. The van der Waals surface area contributed by atoms with E-state index in [1.165, 1.54) is 14.1 Å². The molecule has 0 spiro atoms. The second-order valence-corrected chi connectivity index (χ2v) is 3.17. The van der Waals surface area contributed by atoms with Gasteiger partial charge >= 0.3 is 5.69 Å². The van der Waals surface area contributed by atoms with Crippen LogP contribution in [-0.4, -0.2) is 26.8 Å². The summed E-state index contributed by atoms with van der Waals surface area (Å²) >= 11 is 0. The molecule has 0 fully saturated rings. The average molecular weight is 228 g/mol. The zero-order valence-corrected chi connectivity index (χ0v) is 8.85. The van der Waals surface area contributed by atoms with Gasteiger partial charge in [0.1, 0.15) is 18.1 Å². The Hall–Kier alpha value is -2.09. The van der Waals surface area contributed by atoms with Gasteiger partial charge in [0.05, 0.1) is 0 Å². The highest BCUT2D eigenvalue weighted by molar-refractivity contribution is 5.93. The summed E-state index contributed by atoms with van der Waals surface area (Å²) in [4.78, 5) is 33.9. The number of nitrogens with two attached hydrogens (primary N) is 1. The molecule has 16 heavy (non-hydrogen) atoms. The molecule has 1 aromatic heterocycles. The van der Waals surface area contributed by atoms with E-state index in [1.807, 2.05) is 0 Å². The number of carbonyl (C=O) groups is 1. The summed E-state index contributed by atoms with van der Waals surface area (Å²) < 4.78 is 1.83. The van der Waals surface area contributed by atoms with Crippen molar-refractivity contribution in [3.8, 4) is 0 Å². The fourth-order valence-corrected chi connectivity index (χ4v) is 1.16. The van der Waals surface area contributed by atoms with E-state index in [-0.39, 0.29) is 11.5 Å². The third-order valence-corrected chi connectivity index (χ3v) is 2.12. The number of hydrogen-bond donors (Lipinski definition) is 3. The Labute approximate surface area is 89.9 Å². The lowest BCUT2D eigenvalue weighted by atomic mass is 10.4. The monoisotopic (exact) mass is 228 g/mol. The van der Waals surface area contributed by atoms with Crippen molar-refractivity contribution in [1.82, 2.24) is 9.13 Å². The number of nitrogens with zero attached hydrogens (tertiary/aromatic N) is 2. The number of hydrogen-bond acceptors (Lipinski definition) is 5. The van der Waals surface area contributed by atoms with E-state index in [4.69, 9.17) is 10.8 Å². The number of rotatable bonds is 2. The van der Waals surface area contributed by atoms with Crippen molar-refractivity contribution >= 4 is 17.4 Å². The Morgan fingerprint density at radius 1 is 1.38 bits per heavy atom. The van der Waals surface area contributed by atoms with E-state index >= 15 is 0 Å². The van der Waals surface area contributed by atoms with Crippen LogP contribution in [0.25, 0.3) is 0 Å². The Morgan fingerprint density at radius 2 is 1.94 bits per heavy atom. The van der Waals surface area contributed by atoms with Crippen LogP contribution >= 0.6 is 0 Å². The number of anilines is 2. The van der Waals surface area contributed by atoms with Gasteiger partial charge in [-0.05, 0) is 0 Å². The summed E-state index contributed by atoms with van der Waals surface area (Å²) in [5.74, 6) is -0.933. The Balaban J connectivity index is 3.46. The number of aliphatic hydroxyl groups is 1. The largest absolute Gasteiger partial charge is 0.387 e. The SMILES string of the molecule is Cn1c(N)c(NC(=O)CO)c(=O)n(C)c1=O. The lowest BCUT2D eigenvalue weighted by Gasteiger charge is -2.11. The third-order valence-electron chi connectivity index (χ3n) is 2.12. The predicted octanol–water partition coefficient (Wildman–Crippen LogP) is -2.40. The molecule has 0 atom stereocenters. The zero-order chi connectivity index (χ0) is 12.5. The Bertz CT molecular complexity index is 542. The van der Waals surface area contributed by atoms with Gasteiger partial charge in [-0.1, -0.05) is 0 Å². The maximum Gasteiger partial charge on any atom is 0.332 e. The van der Waals surface area contributed by atoms with Crippen LogP contribution in [0.5, 0.6) is 0 Å². The molecule has 0 radical (unpaired) electrons. The molecule has 0 unspecified atom stereocenters. The summed E-state index contributed by atoms with van der Waals surface area (Å²) in [6, 6.07) is 0. The van der Waals surface area contributed by atoms with E-state index < -0.39 is 23.8 Å². The molecule has 0 aliphatic rings. The minimum absolute atomic E-state index is 0.157. The third kappa shape index (κ3) is 1.82. The Morgan fingerprint density at radius 3 is 2.44 bits per heavy atom. The molecule has 1 rings (SSSR count). The molecule has 0 saturated carbocycles. The molecule has 0 aliphatic heterocycles. The van der Waals surface area contributed by atoms with Gasteiger partial charge in [-0.3, -0.25) is 18.7 Å². The molecule has 1 heterocycles. The summed E-state index contributed by atoms with van der Waals surface area (Å²) in [7, 11) is 2.63. The van der Waals surface area contributed by atoms with Crippen LogP contribution in [0.3, 0.4) is 0 Å². The van der Waals surface area contributed by atoms with Crippen LogP contribution in [0.1, 0.15) is 0 Å². The highest BCUT2D eigenvalue weighted by Crippen LogP contribution is 2.08. The van der Waals surface area contributed by atoms with Crippen LogP contribution in [0.2, 0.25) is 0 Å². The van der Waals surface area contributed by atoms with E-state index in [0.717, 1.165) is 9.13 Å². The second kappa shape index (κ2) is 4.19. The number of amides is 1. The topological polar surface area (TPSA) is 119 Å². The molecule has 0 bridgehead atoms. The predicted molar refractivity (Wildman–Crippen MR) is 57.1 cm³/mol. The van der Waals surface area contributed by atoms with Crippen molar-refractivity contribution in [2.75, 3.05) is 17.7 Å². The van der Waals surface area contributed by atoms with Crippen molar-refractivity contribution in [1.29, 1.82) is 0 Å². The molecular weight excluding hydrogens is 216 g/mol. The van der Waals surface area contributed by atoms with Gasteiger partial charge in [-0.2, -0.15) is 0 Å². The molecule has 8 nitrogen and oxygen atoms in total. The van der Waals surface area contributed by atoms with Gasteiger partial charge in [0.25, 0.3) is 5.56 Å². The van der Waals surface area contributed by atoms with Crippen molar-refractivity contribution in [2.24, 2.45) is 14.1 Å². The maximum absolute atomic E-state index is 11.6. The first-order chi connectivity index (χ1) is 7.40. The standard InChI is InChI=1S/C8H12N4O4/c1-11-6(9)5(10-4(14)3-13)7(15)12(2)8(11)16/h13H,3,9H2,1-2H3,(H,10,14). The van der Waals surface area contributed by atoms with Gasteiger partial charge in [0.15, 0.2) is 0 Å². The molecular formula is C8H12N4O4. The second-order valence-electron chi connectivity index (χ2n) is 3.17. The van der Waals surface area contributed by atoms with Crippen LogP contribution in [0, 0.1) is 0 Å². The van der Waals surface area contributed by atoms with Crippen molar-refractivity contribution < 1.29 is 9.90 Å². The van der Waals surface area contributed by atoms with Crippen molar-refractivity contribution in [2.45, 2.75) is 0 Å². The van der Waals surface area contributed by atoms with Gasteiger partial charge in [0, 0.05) is 14.1 Å². The fraction of sp³-hybridized carbons (Fsp3) is 0.375.